The van der Waals surface area contributed by atoms with Crippen molar-refractivity contribution in [1.29, 1.82) is 0 Å². The summed E-state index contributed by atoms with van der Waals surface area (Å²) in [7, 11) is -5.34. The van der Waals surface area contributed by atoms with Crippen LogP contribution < -0.4 is 5.73 Å². The van der Waals surface area contributed by atoms with Crippen LogP contribution in [0.4, 0.5) is 0 Å². The highest BCUT2D eigenvalue weighted by Crippen LogP contribution is 2.35. The molecule has 0 spiro atoms. The second-order valence-electron chi connectivity index (χ2n) is 5.05. The normalized spacial score (nSPS) is 20.4. The van der Waals surface area contributed by atoms with Gasteiger partial charge in [0.15, 0.2) is 0 Å². The molecule has 8 heteroatoms. The molecule has 1 aliphatic rings. The van der Waals surface area contributed by atoms with Crippen molar-refractivity contribution in [2.45, 2.75) is 31.2 Å². The van der Waals surface area contributed by atoms with Gasteiger partial charge in [0.05, 0.1) is 11.5 Å². The molecule has 108 valence electrons. The van der Waals surface area contributed by atoms with Crippen molar-refractivity contribution >= 4 is 19.9 Å². The van der Waals surface area contributed by atoms with Crippen LogP contribution in [0.3, 0.4) is 0 Å². The highest BCUT2D eigenvalue weighted by molar-refractivity contribution is 7.93. The fraction of sp³-hybridized carbons (Fsp3) is 1.00. The lowest BCUT2D eigenvalue weighted by atomic mass is 9.98. The molecule has 1 fully saturated rings. The van der Waals surface area contributed by atoms with E-state index in [1.165, 1.54) is 11.4 Å². The van der Waals surface area contributed by atoms with E-state index < -0.39 is 25.4 Å². The summed E-state index contributed by atoms with van der Waals surface area (Å²) in [6.07, 6.45) is 4.46. The molecule has 0 heterocycles. The molecular weight excluding hydrogens is 276 g/mol. The molecule has 0 aliphatic heterocycles. The maximum absolute atomic E-state index is 12.1. The first-order chi connectivity index (χ1) is 8.13. The van der Waals surface area contributed by atoms with Gasteiger partial charge >= 0.3 is 0 Å². The smallest absolute Gasteiger partial charge is 0.215 e. The summed E-state index contributed by atoms with van der Waals surface area (Å²) in [5.41, 5.74) is 5.21. The third-order valence-corrected chi connectivity index (χ3v) is 6.86. The van der Waals surface area contributed by atoms with E-state index >= 15 is 0 Å². The van der Waals surface area contributed by atoms with Crippen LogP contribution in [0.15, 0.2) is 0 Å². The van der Waals surface area contributed by atoms with E-state index in [-0.39, 0.29) is 18.1 Å². The third-order valence-electron chi connectivity index (χ3n) is 3.71. The van der Waals surface area contributed by atoms with Gasteiger partial charge in [0.1, 0.15) is 9.84 Å². The molecule has 1 rings (SSSR count). The lowest BCUT2D eigenvalue weighted by Gasteiger charge is -2.36. The van der Waals surface area contributed by atoms with Crippen LogP contribution in [0.1, 0.15) is 25.7 Å². The van der Waals surface area contributed by atoms with Gasteiger partial charge in [-0.2, -0.15) is 4.31 Å². The summed E-state index contributed by atoms with van der Waals surface area (Å²) in [6.45, 7) is 0.279. The van der Waals surface area contributed by atoms with Crippen LogP contribution in [0.5, 0.6) is 0 Å². The molecule has 1 saturated carbocycles. The number of rotatable bonds is 6. The number of sulfonamides is 1. The minimum absolute atomic E-state index is 0.279. The molecule has 0 saturated heterocycles. The quantitative estimate of drug-likeness (QED) is 0.717. The number of nitrogens with two attached hydrogens (primary N) is 1. The number of sulfone groups is 1. The first-order valence-corrected chi connectivity index (χ1v) is 9.64. The average Bonchev–Trinajstić information content (AvgIpc) is 2.74. The van der Waals surface area contributed by atoms with Gasteiger partial charge < -0.3 is 5.73 Å². The summed E-state index contributed by atoms with van der Waals surface area (Å²) in [5.74, 6) is -0.718. The van der Waals surface area contributed by atoms with Crippen LogP contribution in [0, 0.1) is 0 Å². The lowest BCUT2D eigenvalue weighted by molar-refractivity contribution is 0.231. The first kappa shape index (κ1) is 15.9. The van der Waals surface area contributed by atoms with Crippen molar-refractivity contribution in [2.75, 3.05) is 31.4 Å². The van der Waals surface area contributed by atoms with E-state index in [1.54, 1.807) is 0 Å². The summed E-state index contributed by atoms with van der Waals surface area (Å²) >= 11 is 0. The zero-order chi connectivity index (χ0) is 14.0. The third kappa shape index (κ3) is 3.66. The van der Waals surface area contributed by atoms with Gasteiger partial charge in [-0.1, -0.05) is 12.8 Å². The lowest BCUT2D eigenvalue weighted by Crippen LogP contribution is -2.53. The Kier molecular flexibility index (Phi) is 4.80. The molecule has 2 N–H and O–H groups in total. The summed E-state index contributed by atoms with van der Waals surface area (Å²) in [4.78, 5) is 0. The Bertz CT molecular complexity index is 478. The standard InChI is InChI=1S/C10H22N2O4S2/c1-12(10(9-11)5-3-4-6-10)18(15,16)8-7-17(2,13)14/h3-9,11H2,1-2H3. The second kappa shape index (κ2) is 5.44. The number of nitrogens with zero attached hydrogens (tertiary/aromatic N) is 1. The van der Waals surface area contributed by atoms with E-state index in [0.717, 1.165) is 31.9 Å². The Morgan fingerprint density at radius 2 is 1.61 bits per heavy atom. The molecule has 0 radical (unpaired) electrons. The Morgan fingerprint density at radius 3 is 2.00 bits per heavy atom. The predicted octanol–water partition coefficient (Wildman–Crippen LogP) is -0.436. The van der Waals surface area contributed by atoms with Crippen LogP contribution in [0.25, 0.3) is 0 Å². The molecule has 0 bridgehead atoms. The van der Waals surface area contributed by atoms with Gasteiger partial charge in [-0.05, 0) is 12.8 Å². The molecule has 0 amide bonds. The van der Waals surface area contributed by atoms with E-state index in [1.807, 2.05) is 0 Å². The zero-order valence-corrected chi connectivity index (χ0v) is 12.6. The Morgan fingerprint density at radius 1 is 1.11 bits per heavy atom. The van der Waals surface area contributed by atoms with E-state index in [0.29, 0.717) is 0 Å². The van der Waals surface area contributed by atoms with E-state index in [2.05, 4.69) is 0 Å². The molecule has 0 aromatic heterocycles. The van der Waals surface area contributed by atoms with Crippen LogP contribution in [0.2, 0.25) is 0 Å². The maximum Gasteiger partial charge on any atom is 0.215 e. The number of likely N-dealkylation sites (N-methyl/N-ethyl adjacent to an activating group) is 1. The minimum atomic E-state index is -3.57. The van der Waals surface area contributed by atoms with Crippen LogP contribution in [-0.2, 0) is 19.9 Å². The number of hydrogen-bond acceptors (Lipinski definition) is 5. The largest absolute Gasteiger partial charge is 0.329 e. The summed E-state index contributed by atoms with van der Waals surface area (Å²) in [5, 5.41) is 0. The number of hydrogen-bond donors (Lipinski definition) is 1. The molecule has 0 aromatic carbocycles. The molecule has 0 unspecified atom stereocenters. The maximum atomic E-state index is 12.1. The van der Waals surface area contributed by atoms with E-state index in [9.17, 15) is 16.8 Å². The predicted molar refractivity (Wildman–Crippen MR) is 71.5 cm³/mol. The zero-order valence-electron chi connectivity index (χ0n) is 10.9. The summed E-state index contributed by atoms with van der Waals surface area (Å²) < 4.78 is 47.7. The average molecular weight is 298 g/mol. The highest BCUT2D eigenvalue weighted by atomic mass is 32.2. The SMILES string of the molecule is CN(C1(CN)CCCC1)S(=O)(=O)CCS(C)(=O)=O. The Labute approximate surface area is 110 Å². The highest BCUT2D eigenvalue weighted by Gasteiger charge is 2.42. The minimum Gasteiger partial charge on any atom is -0.329 e. The van der Waals surface area contributed by atoms with Gasteiger partial charge in [0, 0.05) is 25.4 Å². The monoisotopic (exact) mass is 298 g/mol. The second-order valence-corrected chi connectivity index (χ2v) is 9.43. The molecular formula is C10H22N2O4S2. The van der Waals surface area contributed by atoms with Gasteiger partial charge in [-0.25, -0.2) is 16.8 Å². The van der Waals surface area contributed by atoms with Crippen molar-refractivity contribution in [3.05, 3.63) is 0 Å². The first-order valence-electron chi connectivity index (χ1n) is 5.97. The summed E-state index contributed by atoms with van der Waals surface area (Å²) in [6, 6.07) is 0. The van der Waals surface area contributed by atoms with Gasteiger partial charge in [-0.3, -0.25) is 0 Å². The van der Waals surface area contributed by atoms with E-state index in [4.69, 9.17) is 5.73 Å². The van der Waals surface area contributed by atoms with Crippen molar-refractivity contribution < 1.29 is 16.8 Å². The van der Waals surface area contributed by atoms with Crippen LogP contribution >= 0.6 is 0 Å². The molecule has 0 atom stereocenters. The van der Waals surface area contributed by atoms with Crippen molar-refractivity contribution in [3.63, 3.8) is 0 Å². The molecule has 1 aliphatic carbocycles. The van der Waals surface area contributed by atoms with Crippen LogP contribution in [-0.4, -0.2) is 58.0 Å². The fourth-order valence-corrected chi connectivity index (χ4v) is 5.54. The molecule has 0 aromatic rings. The fourth-order valence-electron chi connectivity index (χ4n) is 2.37. The van der Waals surface area contributed by atoms with Gasteiger partial charge in [0.25, 0.3) is 0 Å². The molecule has 6 nitrogen and oxygen atoms in total. The van der Waals surface area contributed by atoms with Crippen molar-refractivity contribution in [3.8, 4) is 0 Å². The van der Waals surface area contributed by atoms with Crippen molar-refractivity contribution in [1.82, 2.24) is 4.31 Å². The Hall–Kier alpha value is -0.180. The van der Waals surface area contributed by atoms with Crippen molar-refractivity contribution in [2.24, 2.45) is 5.73 Å². The van der Waals surface area contributed by atoms with Gasteiger partial charge in [-0.15, -0.1) is 0 Å². The Balaban J connectivity index is 2.84. The molecule has 18 heavy (non-hydrogen) atoms. The topological polar surface area (TPSA) is 97.5 Å². The van der Waals surface area contributed by atoms with Gasteiger partial charge in [0.2, 0.25) is 10.0 Å².